The van der Waals surface area contributed by atoms with Crippen LogP contribution in [-0.4, -0.2) is 30.6 Å². The quantitative estimate of drug-likeness (QED) is 0.860. The van der Waals surface area contributed by atoms with Crippen LogP contribution in [-0.2, 0) is 9.53 Å². The summed E-state index contributed by atoms with van der Waals surface area (Å²) in [6.45, 7) is 3.81. The molecule has 0 saturated heterocycles. The van der Waals surface area contributed by atoms with Crippen LogP contribution in [0.3, 0.4) is 0 Å². The van der Waals surface area contributed by atoms with Gasteiger partial charge in [0.15, 0.2) is 0 Å². The van der Waals surface area contributed by atoms with Crippen LogP contribution < -0.4 is 5.32 Å². The van der Waals surface area contributed by atoms with E-state index in [0.717, 1.165) is 5.56 Å². The molecule has 1 atom stereocenters. The second kappa shape index (κ2) is 5.77. The van der Waals surface area contributed by atoms with E-state index in [-0.39, 0.29) is 6.03 Å². The minimum absolute atomic E-state index is 0.232. The molecule has 20 heavy (non-hydrogen) atoms. The minimum Gasteiger partial charge on any atom is -0.463 e. The number of amides is 2. The molecule has 0 radical (unpaired) electrons. The molecule has 106 valence electrons. The van der Waals surface area contributed by atoms with E-state index in [1.165, 1.54) is 4.90 Å². The Morgan fingerprint density at radius 2 is 2.00 bits per heavy atom. The SMILES string of the molecule is CCOC(=O)C1=C(C)N(C)C(=O)N[C@H]1c1ccccc1. The van der Waals surface area contributed by atoms with E-state index in [0.29, 0.717) is 17.9 Å². The van der Waals surface area contributed by atoms with E-state index in [1.807, 2.05) is 30.3 Å². The molecular formula is C15H18N2O3. The monoisotopic (exact) mass is 274 g/mol. The molecule has 0 saturated carbocycles. The van der Waals surface area contributed by atoms with Crippen LogP contribution in [0.4, 0.5) is 4.79 Å². The van der Waals surface area contributed by atoms with Gasteiger partial charge in [-0.05, 0) is 19.4 Å². The molecule has 0 aliphatic carbocycles. The number of ether oxygens (including phenoxy) is 1. The largest absolute Gasteiger partial charge is 0.463 e. The molecule has 1 heterocycles. The van der Waals surface area contributed by atoms with E-state index in [2.05, 4.69) is 5.32 Å². The van der Waals surface area contributed by atoms with Crippen molar-refractivity contribution >= 4 is 12.0 Å². The molecule has 1 aromatic carbocycles. The highest BCUT2D eigenvalue weighted by molar-refractivity contribution is 5.94. The lowest BCUT2D eigenvalue weighted by Gasteiger charge is -2.33. The van der Waals surface area contributed by atoms with E-state index < -0.39 is 12.0 Å². The van der Waals surface area contributed by atoms with Crippen molar-refractivity contribution in [3.63, 3.8) is 0 Å². The predicted octanol–water partition coefficient (Wildman–Crippen LogP) is 2.22. The first-order chi connectivity index (χ1) is 9.56. The van der Waals surface area contributed by atoms with Crippen molar-refractivity contribution in [1.29, 1.82) is 0 Å². The Kier molecular flexibility index (Phi) is 4.08. The van der Waals surface area contributed by atoms with Crippen LogP contribution in [0, 0.1) is 0 Å². The van der Waals surface area contributed by atoms with Gasteiger partial charge in [-0.2, -0.15) is 0 Å². The van der Waals surface area contributed by atoms with Gasteiger partial charge in [0.05, 0.1) is 18.2 Å². The van der Waals surface area contributed by atoms with Crippen molar-refractivity contribution in [2.45, 2.75) is 19.9 Å². The van der Waals surface area contributed by atoms with Gasteiger partial charge in [0, 0.05) is 12.7 Å². The zero-order valence-electron chi connectivity index (χ0n) is 11.8. The topological polar surface area (TPSA) is 58.6 Å². The van der Waals surface area contributed by atoms with Crippen LogP contribution in [0.2, 0.25) is 0 Å². The molecule has 0 fully saturated rings. The van der Waals surface area contributed by atoms with Gasteiger partial charge in [-0.1, -0.05) is 30.3 Å². The Labute approximate surface area is 118 Å². The lowest BCUT2D eigenvalue weighted by Crippen LogP contribution is -2.46. The number of allylic oxidation sites excluding steroid dienone is 1. The predicted molar refractivity (Wildman–Crippen MR) is 74.8 cm³/mol. The van der Waals surface area contributed by atoms with Crippen molar-refractivity contribution in [2.24, 2.45) is 0 Å². The molecule has 0 spiro atoms. The van der Waals surface area contributed by atoms with Crippen molar-refractivity contribution < 1.29 is 14.3 Å². The molecule has 1 N–H and O–H groups in total. The maximum absolute atomic E-state index is 12.2. The summed E-state index contributed by atoms with van der Waals surface area (Å²) in [7, 11) is 1.63. The number of carbonyl (C=O) groups is 2. The molecule has 1 aliphatic rings. The molecule has 0 unspecified atom stereocenters. The average molecular weight is 274 g/mol. The highest BCUT2D eigenvalue weighted by Gasteiger charge is 2.34. The molecule has 2 amide bonds. The van der Waals surface area contributed by atoms with Gasteiger partial charge < -0.3 is 15.0 Å². The van der Waals surface area contributed by atoms with Gasteiger partial charge >= 0.3 is 12.0 Å². The summed E-state index contributed by atoms with van der Waals surface area (Å²) in [5, 5.41) is 2.83. The summed E-state index contributed by atoms with van der Waals surface area (Å²) in [4.78, 5) is 25.6. The van der Waals surface area contributed by atoms with Gasteiger partial charge in [-0.3, -0.25) is 0 Å². The summed E-state index contributed by atoms with van der Waals surface area (Å²) in [5.41, 5.74) is 1.94. The number of nitrogens with zero attached hydrogens (tertiary/aromatic N) is 1. The second-order valence-corrected chi connectivity index (χ2v) is 4.57. The Balaban J connectivity index is 2.48. The van der Waals surface area contributed by atoms with Crippen molar-refractivity contribution in [3.05, 3.63) is 47.2 Å². The molecule has 5 nitrogen and oxygen atoms in total. The first-order valence-corrected chi connectivity index (χ1v) is 6.53. The minimum atomic E-state index is -0.473. The van der Waals surface area contributed by atoms with Crippen LogP contribution in [0.1, 0.15) is 25.5 Å². The van der Waals surface area contributed by atoms with E-state index in [9.17, 15) is 9.59 Å². The van der Waals surface area contributed by atoms with Crippen molar-refractivity contribution in [2.75, 3.05) is 13.7 Å². The van der Waals surface area contributed by atoms with Crippen molar-refractivity contribution in [3.8, 4) is 0 Å². The van der Waals surface area contributed by atoms with Gasteiger partial charge in [0.2, 0.25) is 0 Å². The smallest absolute Gasteiger partial charge is 0.338 e. The lowest BCUT2D eigenvalue weighted by molar-refractivity contribution is -0.139. The second-order valence-electron chi connectivity index (χ2n) is 4.57. The zero-order valence-corrected chi connectivity index (χ0v) is 11.8. The van der Waals surface area contributed by atoms with Gasteiger partial charge in [-0.25, -0.2) is 9.59 Å². The number of carbonyl (C=O) groups excluding carboxylic acids is 2. The third-order valence-electron chi connectivity index (χ3n) is 3.38. The summed E-state index contributed by atoms with van der Waals surface area (Å²) in [5.74, 6) is -0.397. The number of esters is 1. The van der Waals surface area contributed by atoms with E-state index in [4.69, 9.17) is 4.74 Å². The number of hydrogen-bond acceptors (Lipinski definition) is 3. The number of nitrogens with one attached hydrogen (secondary N) is 1. The molecule has 5 heteroatoms. The third-order valence-corrected chi connectivity index (χ3v) is 3.38. The summed E-state index contributed by atoms with van der Waals surface area (Å²) in [6, 6.07) is 8.69. The lowest BCUT2D eigenvalue weighted by atomic mass is 9.95. The normalized spacial score (nSPS) is 18.9. The van der Waals surface area contributed by atoms with Crippen LogP contribution >= 0.6 is 0 Å². The summed E-state index contributed by atoms with van der Waals surface area (Å²) in [6.07, 6.45) is 0. The number of rotatable bonds is 3. The Bertz CT molecular complexity index is 551. The number of urea groups is 1. The Morgan fingerprint density at radius 1 is 1.35 bits per heavy atom. The Hall–Kier alpha value is -2.30. The molecular weight excluding hydrogens is 256 g/mol. The fourth-order valence-corrected chi connectivity index (χ4v) is 2.20. The number of hydrogen-bond donors (Lipinski definition) is 1. The summed E-state index contributed by atoms with van der Waals surface area (Å²) >= 11 is 0. The first-order valence-electron chi connectivity index (χ1n) is 6.53. The molecule has 1 aromatic rings. The van der Waals surface area contributed by atoms with Crippen LogP contribution in [0.25, 0.3) is 0 Å². The molecule has 0 bridgehead atoms. The summed E-state index contributed by atoms with van der Waals surface area (Å²) < 4.78 is 5.11. The maximum atomic E-state index is 12.2. The van der Waals surface area contributed by atoms with Gasteiger partial charge in [0.1, 0.15) is 0 Å². The molecule has 0 aromatic heterocycles. The van der Waals surface area contributed by atoms with Gasteiger partial charge in [0.25, 0.3) is 0 Å². The van der Waals surface area contributed by atoms with E-state index >= 15 is 0 Å². The third kappa shape index (κ3) is 2.52. The molecule has 1 aliphatic heterocycles. The standard InChI is InChI=1S/C15H18N2O3/c1-4-20-14(18)12-10(2)17(3)15(19)16-13(12)11-8-6-5-7-9-11/h5-9,13H,4H2,1-3H3,(H,16,19)/t13-/m0/s1. The fraction of sp³-hybridized carbons (Fsp3) is 0.333. The highest BCUT2D eigenvalue weighted by atomic mass is 16.5. The highest BCUT2D eigenvalue weighted by Crippen LogP contribution is 2.30. The van der Waals surface area contributed by atoms with Gasteiger partial charge in [-0.15, -0.1) is 0 Å². The van der Waals surface area contributed by atoms with Crippen LogP contribution in [0.5, 0.6) is 0 Å². The first kappa shape index (κ1) is 14.1. The fourth-order valence-electron chi connectivity index (χ4n) is 2.20. The van der Waals surface area contributed by atoms with Crippen molar-refractivity contribution in [1.82, 2.24) is 10.2 Å². The zero-order chi connectivity index (χ0) is 14.7. The maximum Gasteiger partial charge on any atom is 0.338 e. The molecule has 2 rings (SSSR count). The van der Waals surface area contributed by atoms with E-state index in [1.54, 1.807) is 20.9 Å². The van der Waals surface area contributed by atoms with Crippen LogP contribution in [0.15, 0.2) is 41.6 Å². The average Bonchev–Trinajstić information content (AvgIpc) is 2.45. The number of benzene rings is 1. The Morgan fingerprint density at radius 3 is 2.60 bits per heavy atom.